The number of hydrogen-bond acceptors (Lipinski definition) is 1. The Morgan fingerprint density at radius 2 is 0.824 bits per heavy atom. The lowest BCUT2D eigenvalue weighted by atomic mass is 9.87. The lowest BCUT2D eigenvalue weighted by Gasteiger charge is -2.30. The number of rotatable bonds is 7. The third kappa shape index (κ3) is 5.75. The van der Waals surface area contributed by atoms with Crippen LogP contribution < -0.4 is 4.90 Å². The summed E-state index contributed by atoms with van der Waals surface area (Å²) in [7, 11) is 0. The standard InChI is InChI=1S/C50H35N/c1-4-15-36(16-5-1)38-27-31-42(32-28-38)51(43-33-29-39(30-34-43)37-17-6-2-7-18-37)49-26-14-25-45(40-19-8-3-9-20-40)50(49)48-35-41-21-10-11-22-44(41)46-23-12-13-24-47(46)48/h1-35H/i1D,2D,3D,4D,5D,6D,7D,8D,9D,14D,15D,16D,17D,18D,19D,20D,25D,26D,27D,28D,29D,30D,31D,32D,33D,34D. The molecule has 0 unspecified atom stereocenters. The highest BCUT2D eigenvalue weighted by Gasteiger charge is 2.23. The van der Waals surface area contributed by atoms with E-state index in [1.807, 2.05) is 0 Å². The molecule has 0 aliphatic rings. The van der Waals surface area contributed by atoms with Crippen LogP contribution in [0.1, 0.15) is 35.6 Å². The molecular formula is C50H35N. The second-order valence-corrected chi connectivity index (χ2v) is 10.9. The van der Waals surface area contributed by atoms with Gasteiger partial charge in [0.1, 0.15) is 0 Å². The monoisotopic (exact) mass is 675 g/mol. The van der Waals surface area contributed by atoms with Gasteiger partial charge in [-0.1, -0.05) is 175 Å². The molecule has 0 aliphatic heterocycles. The molecule has 0 aromatic heterocycles. The zero-order valence-corrected chi connectivity index (χ0v) is 26.1. The van der Waals surface area contributed by atoms with Crippen LogP contribution in [-0.4, -0.2) is 0 Å². The average Bonchev–Trinajstić information content (AvgIpc) is 3.49. The van der Waals surface area contributed by atoms with Gasteiger partial charge >= 0.3 is 0 Å². The summed E-state index contributed by atoms with van der Waals surface area (Å²) >= 11 is 0. The number of benzene rings is 9. The van der Waals surface area contributed by atoms with Crippen molar-refractivity contribution in [3.63, 3.8) is 0 Å². The zero-order valence-electron chi connectivity index (χ0n) is 52.1. The van der Waals surface area contributed by atoms with E-state index in [2.05, 4.69) is 0 Å². The summed E-state index contributed by atoms with van der Waals surface area (Å²) in [6.45, 7) is 0. The van der Waals surface area contributed by atoms with Crippen LogP contribution in [0.4, 0.5) is 17.1 Å². The van der Waals surface area contributed by atoms with Crippen molar-refractivity contribution in [2.24, 2.45) is 0 Å². The maximum absolute atomic E-state index is 9.91. The summed E-state index contributed by atoms with van der Waals surface area (Å²) in [5.74, 6) is 0. The minimum Gasteiger partial charge on any atom is -0.310 e. The summed E-state index contributed by atoms with van der Waals surface area (Å²) in [5, 5.41) is 1.84. The molecule has 0 saturated carbocycles. The Morgan fingerprint density at radius 3 is 1.39 bits per heavy atom. The lowest BCUT2D eigenvalue weighted by Crippen LogP contribution is -2.12. The number of nitrogens with zero attached hydrogens (tertiary/aromatic N) is 1. The minimum absolute atomic E-state index is 0.0416. The summed E-state index contributed by atoms with van der Waals surface area (Å²) in [6, 6.07) is -10.8. The third-order valence-electron chi connectivity index (χ3n) is 8.04. The first-order chi connectivity index (χ1) is 36.1. The number of fused-ring (bicyclic) bond motifs is 3. The molecule has 0 fully saturated rings. The molecule has 9 aromatic rings. The fourth-order valence-corrected chi connectivity index (χ4v) is 5.82. The van der Waals surface area contributed by atoms with Crippen LogP contribution in [0.5, 0.6) is 0 Å². The molecule has 0 radical (unpaired) electrons. The van der Waals surface area contributed by atoms with Crippen LogP contribution in [0.15, 0.2) is 212 Å². The highest BCUT2D eigenvalue weighted by molar-refractivity contribution is 6.16. The second kappa shape index (κ2) is 13.3. The Morgan fingerprint density at radius 1 is 0.353 bits per heavy atom. The minimum atomic E-state index is -1.18. The van der Waals surface area contributed by atoms with Gasteiger partial charge in [-0.3, -0.25) is 0 Å². The third-order valence-corrected chi connectivity index (χ3v) is 8.04. The Balaban J connectivity index is 1.59. The average molecular weight is 676 g/mol. The van der Waals surface area contributed by atoms with Gasteiger partial charge in [0.25, 0.3) is 0 Å². The predicted octanol–water partition coefficient (Wildman–Crippen LogP) is 14.1. The summed E-state index contributed by atoms with van der Waals surface area (Å²) < 4.78 is 235. The molecule has 1 heteroatoms. The second-order valence-electron chi connectivity index (χ2n) is 10.9. The summed E-state index contributed by atoms with van der Waals surface area (Å²) in [5.41, 5.74) is -8.09. The Hall–Kier alpha value is -6.70. The van der Waals surface area contributed by atoms with Gasteiger partial charge in [0.2, 0.25) is 0 Å². The number of anilines is 3. The van der Waals surface area contributed by atoms with E-state index in [-0.39, 0.29) is 10.9 Å². The van der Waals surface area contributed by atoms with Crippen molar-refractivity contribution in [2.45, 2.75) is 0 Å². The SMILES string of the molecule is [2H]c1c([2H])c([2H])c(-c2c([2H])c([2H])c(N(c3c([2H])c([2H])c(-c4c([2H])c([2H])c([2H])c([2H])c4[2H])c([2H])c3[2H])c3c([2H])c([2H])c([2H])c(-c4c([2H])c([2H])c([2H])c([2H])c4[2H])c3-c3cc4ccccc4c4ccccc34)c([2H])c2[2H])c([2H])c1[2H]. The molecule has 0 N–H and O–H groups in total. The van der Waals surface area contributed by atoms with E-state index in [4.69, 9.17) is 17.8 Å². The van der Waals surface area contributed by atoms with E-state index in [1.54, 1.807) is 48.5 Å². The zero-order chi connectivity index (χ0) is 56.6. The Labute approximate surface area is 335 Å². The molecule has 0 bridgehead atoms. The quantitative estimate of drug-likeness (QED) is 0.152. The molecule has 9 rings (SSSR count). The van der Waals surface area contributed by atoms with Gasteiger partial charge in [0.15, 0.2) is 0 Å². The maximum atomic E-state index is 9.91. The molecule has 1 nitrogen and oxygen atoms in total. The highest BCUT2D eigenvalue weighted by Crippen LogP contribution is 2.48. The van der Waals surface area contributed by atoms with Crippen LogP contribution in [-0.2, 0) is 0 Å². The first-order valence-electron chi connectivity index (χ1n) is 28.4. The summed E-state index contributed by atoms with van der Waals surface area (Å²) in [6.07, 6.45) is 0. The van der Waals surface area contributed by atoms with Crippen LogP contribution in [0.3, 0.4) is 0 Å². The first kappa shape index (κ1) is 13.5. The van der Waals surface area contributed by atoms with Crippen molar-refractivity contribution in [2.75, 3.05) is 4.90 Å². The van der Waals surface area contributed by atoms with E-state index in [9.17, 15) is 17.8 Å². The van der Waals surface area contributed by atoms with Crippen LogP contribution in [0.2, 0.25) is 0 Å². The van der Waals surface area contributed by atoms with E-state index in [0.717, 1.165) is 0 Å². The van der Waals surface area contributed by atoms with E-state index in [0.29, 0.717) is 21.1 Å². The van der Waals surface area contributed by atoms with Gasteiger partial charge in [0.05, 0.1) is 41.3 Å². The van der Waals surface area contributed by atoms with Crippen LogP contribution >= 0.6 is 0 Å². The van der Waals surface area contributed by atoms with E-state index in [1.165, 1.54) is 6.07 Å². The lowest BCUT2D eigenvalue weighted by molar-refractivity contribution is 1.28. The molecule has 9 aromatic carbocycles. The highest BCUT2D eigenvalue weighted by atomic mass is 15.1. The molecule has 51 heavy (non-hydrogen) atoms. The van der Waals surface area contributed by atoms with Crippen molar-refractivity contribution in [1.29, 1.82) is 0 Å². The molecule has 0 saturated heterocycles. The maximum Gasteiger partial charge on any atom is 0.0645 e. The first-order valence-corrected chi connectivity index (χ1v) is 15.4. The summed E-state index contributed by atoms with van der Waals surface area (Å²) in [4.78, 5) is 0.552. The van der Waals surface area contributed by atoms with E-state index < -0.39 is 213 Å². The molecular weight excluding hydrogens is 615 g/mol. The van der Waals surface area contributed by atoms with E-state index >= 15 is 0 Å². The van der Waals surface area contributed by atoms with Gasteiger partial charge in [-0.25, -0.2) is 0 Å². The molecule has 0 spiro atoms. The van der Waals surface area contributed by atoms with Crippen molar-refractivity contribution in [3.05, 3.63) is 212 Å². The Kier molecular flexibility index (Phi) is 3.54. The fourth-order valence-electron chi connectivity index (χ4n) is 5.82. The van der Waals surface area contributed by atoms with Gasteiger partial charge in [-0.15, -0.1) is 0 Å². The largest absolute Gasteiger partial charge is 0.310 e. The number of hydrogen-bond donors (Lipinski definition) is 0. The topological polar surface area (TPSA) is 3.24 Å². The van der Waals surface area contributed by atoms with Gasteiger partial charge in [-0.05, 0) is 96.8 Å². The fraction of sp³-hybridized carbons (Fsp3) is 0. The predicted molar refractivity (Wildman–Crippen MR) is 218 cm³/mol. The normalized spacial score (nSPS) is 18.3. The van der Waals surface area contributed by atoms with Crippen molar-refractivity contribution in [1.82, 2.24) is 0 Å². The Bertz CT molecular complexity index is 3850. The van der Waals surface area contributed by atoms with Crippen molar-refractivity contribution < 1.29 is 35.6 Å². The smallest absolute Gasteiger partial charge is 0.0645 e. The van der Waals surface area contributed by atoms with Gasteiger partial charge in [0, 0.05) is 16.9 Å². The van der Waals surface area contributed by atoms with Crippen molar-refractivity contribution in [3.8, 4) is 44.5 Å². The van der Waals surface area contributed by atoms with Gasteiger partial charge < -0.3 is 4.90 Å². The molecule has 0 aliphatic carbocycles. The van der Waals surface area contributed by atoms with Crippen LogP contribution in [0.25, 0.3) is 66.1 Å². The molecule has 0 amide bonds. The van der Waals surface area contributed by atoms with Crippen LogP contribution in [0, 0.1) is 0 Å². The molecule has 0 heterocycles. The molecule has 240 valence electrons. The van der Waals surface area contributed by atoms with Gasteiger partial charge in [-0.2, -0.15) is 0 Å². The molecule has 0 atom stereocenters. The van der Waals surface area contributed by atoms with Crippen molar-refractivity contribution >= 4 is 38.6 Å².